The lowest BCUT2D eigenvalue weighted by molar-refractivity contribution is 0.352. The highest BCUT2D eigenvalue weighted by atomic mass is 35.5. The average Bonchev–Trinajstić information content (AvgIpc) is 2.89. The third-order valence-corrected chi connectivity index (χ3v) is 3.51. The van der Waals surface area contributed by atoms with Crippen molar-refractivity contribution in [3.8, 4) is 0 Å². The topological polar surface area (TPSA) is 120 Å². The second kappa shape index (κ2) is 6.29. The molecule has 116 valence electrons. The van der Waals surface area contributed by atoms with E-state index in [0.717, 1.165) is 16.8 Å². The first-order valence-electron chi connectivity index (χ1n) is 6.38. The van der Waals surface area contributed by atoms with Crippen molar-refractivity contribution in [2.45, 2.75) is 6.17 Å². The van der Waals surface area contributed by atoms with Gasteiger partial charge in [-0.05, 0) is 12.1 Å². The van der Waals surface area contributed by atoms with Crippen molar-refractivity contribution in [3.63, 3.8) is 0 Å². The lowest BCUT2D eigenvalue weighted by atomic mass is 10.1. The van der Waals surface area contributed by atoms with Gasteiger partial charge >= 0.3 is 0 Å². The summed E-state index contributed by atoms with van der Waals surface area (Å²) in [5.74, 6) is 5.97. The molecule has 3 rings (SSSR count). The monoisotopic (exact) mass is 319 g/mol. The fraction of sp³-hybridized carbons (Fsp3) is 0.143. The number of hydrogen-bond acceptors (Lipinski definition) is 6. The van der Waals surface area contributed by atoms with Gasteiger partial charge in [-0.25, -0.2) is 10.8 Å². The molecule has 0 fully saturated rings. The molecule has 0 radical (unpaired) electrons. The third kappa shape index (κ3) is 3.02. The molecule has 1 aromatic heterocycles. The second-order valence-electron chi connectivity index (χ2n) is 4.81. The molecule has 1 aromatic carbocycles. The molecular weight excluding hydrogens is 302 g/mol. The van der Waals surface area contributed by atoms with E-state index in [0.29, 0.717) is 10.7 Å². The molecule has 0 aliphatic carbocycles. The van der Waals surface area contributed by atoms with Crippen molar-refractivity contribution in [2.24, 2.45) is 23.6 Å². The zero-order chi connectivity index (χ0) is 15.0. The Hall–Kier alpha value is -2.19. The van der Waals surface area contributed by atoms with Crippen molar-refractivity contribution >= 4 is 23.0 Å². The molecule has 1 aliphatic rings. The molecule has 8 heteroatoms. The number of nitrogens with two attached hydrogens (primary N) is 2. The van der Waals surface area contributed by atoms with Crippen LogP contribution in [0.5, 0.6) is 0 Å². The smallest absolute Gasteiger partial charge is 0.135 e. The molecule has 0 spiro atoms. The molecule has 7 nitrogen and oxygen atoms in total. The summed E-state index contributed by atoms with van der Waals surface area (Å²) in [6.45, 7) is 0. The summed E-state index contributed by atoms with van der Waals surface area (Å²) in [7, 11) is 1.84. The van der Waals surface area contributed by atoms with Gasteiger partial charge in [0.1, 0.15) is 6.17 Å². The summed E-state index contributed by atoms with van der Waals surface area (Å²) in [5, 5.41) is 6.26. The van der Waals surface area contributed by atoms with E-state index in [1.807, 2.05) is 37.5 Å². The van der Waals surface area contributed by atoms with Gasteiger partial charge in [-0.2, -0.15) is 5.10 Å². The fourth-order valence-electron chi connectivity index (χ4n) is 2.14. The van der Waals surface area contributed by atoms with Crippen molar-refractivity contribution in [3.05, 3.63) is 59.0 Å². The van der Waals surface area contributed by atoms with Crippen LogP contribution in [-0.4, -0.2) is 26.7 Å². The Bertz CT molecular complexity index is 717. The van der Waals surface area contributed by atoms with Gasteiger partial charge in [0.05, 0.1) is 17.6 Å². The summed E-state index contributed by atoms with van der Waals surface area (Å²) in [6, 6.07) is 7.41. The fourth-order valence-corrected chi connectivity index (χ4v) is 2.26. The van der Waals surface area contributed by atoms with Crippen molar-refractivity contribution < 1.29 is 0 Å². The van der Waals surface area contributed by atoms with Crippen molar-refractivity contribution in [1.82, 2.24) is 20.9 Å². The molecule has 1 atom stereocenters. The van der Waals surface area contributed by atoms with Crippen LogP contribution in [0.25, 0.3) is 5.70 Å². The van der Waals surface area contributed by atoms with Gasteiger partial charge in [0.15, 0.2) is 0 Å². The average molecular weight is 320 g/mol. The van der Waals surface area contributed by atoms with Gasteiger partial charge in [0.25, 0.3) is 0 Å². The van der Waals surface area contributed by atoms with Crippen molar-refractivity contribution in [2.75, 3.05) is 0 Å². The van der Waals surface area contributed by atoms with E-state index in [-0.39, 0.29) is 6.15 Å². The first-order chi connectivity index (χ1) is 10.0. The minimum atomic E-state index is -0.509. The second-order valence-corrected chi connectivity index (χ2v) is 5.25. The Morgan fingerprint density at radius 1 is 1.18 bits per heavy atom. The van der Waals surface area contributed by atoms with E-state index >= 15 is 0 Å². The first kappa shape index (κ1) is 16.2. The highest BCUT2D eigenvalue weighted by Gasteiger charge is 2.23. The molecule has 2 heterocycles. The summed E-state index contributed by atoms with van der Waals surface area (Å²) in [5.41, 5.74) is 9.27. The Kier molecular flexibility index (Phi) is 4.62. The largest absolute Gasteiger partial charge is 0.344 e. The quantitative estimate of drug-likeness (QED) is 0.724. The van der Waals surface area contributed by atoms with Crippen LogP contribution in [0, 0.1) is 0 Å². The van der Waals surface area contributed by atoms with E-state index in [9.17, 15) is 0 Å². The minimum absolute atomic E-state index is 0. The van der Waals surface area contributed by atoms with Gasteiger partial charge < -0.3 is 11.9 Å². The van der Waals surface area contributed by atoms with Crippen LogP contribution in [-0.2, 0) is 7.05 Å². The van der Waals surface area contributed by atoms with Crippen LogP contribution < -0.4 is 17.7 Å². The maximum absolute atomic E-state index is 6.10. The number of nitrogens with zero attached hydrogens (tertiary/aromatic N) is 4. The van der Waals surface area contributed by atoms with E-state index in [2.05, 4.69) is 10.1 Å². The molecule has 0 saturated heterocycles. The normalized spacial score (nSPS) is 17.6. The lowest BCUT2D eigenvalue weighted by Gasteiger charge is -2.28. The molecule has 1 unspecified atom stereocenters. The van der Waals surface area contributed by atoms with E-state index in [1.165, 1.54) is 5.01 Å². The number of aromatic nitrogens is 2. The van der Waals surface area contributed by atoms with Crippen LogP contribution in [0.2, 0.25) is 5.02 Å². The molecule has 22 heavy (non-hydrogen) atoms. The molecule has 0 bridgehead atoms. The Balaban J connectivity index is 0.00000176. The highest BCUT2D eigenvalue weighted by molar-refractivity contribution is 6.30. The van der Waals surface area contributed by atoms with E-state index < -0.39 is 6.17 Å². The van der Waals surface area contributed by atoms with Gasteiger partial charge in [-0.15, -0.1) is 0 Å². The summed E-state index contributed by atoms with van der Waals surface area (Å²) < 4.78 is 1.70. The Labute approximate surface area is 133 Å². The van der Waals surface area contributed by atoms with Crippen LogP contribution in [0.15, 0.2) is 47.9 Å². The lowest BCUT2D eigenvalue weighted by Crippen LogP contribution is -2.50. The number of benzene rings is 1. The van der Waals surface area contributed by atoms with Crippen LogP contribution in [0.3, 0.4) is 0 Å². The van der Waals surface area contributed by atoms with Gasteiger partial charge in [0, 0.05) is 35.6 Å². The number of aliphatic imine (C=N–C) groups is 1. The molecule has 7 N–H and O–H groups in total. The van der Waals surface area contributed by atoms with Crippen molar-refractivity contribution in [1.29, 1.82) is 0 Å². The minimum Gasteiger partial charge on any atom is -0.344 e. The van der Waals surface area contributed by atoms with E-state index in [4.69, 9.17) is 23.2 Å². The van der Waals surface area contributed by atoms with E-state index in [1.54, 1.807) is 17.1 Å². The Morgan fingerprint density at radius 2 is 1.86 bits per heavy atom. The highest BCUT2D eigenvalue weighted by Crippen LogP contribution is 2.24. The zero-order valence-electron chi connectivity index (χ0n) is 12.1. The Morgan fingerprint density at radius 3 is 2.45 bits per heavy atom. The maximum Gasteiger partial charge on any atom is 0.135 e. The summed E-state index contributed by atoms with van der Waals surface area (Å²) in [4.78, 5) is 4.63. The molecule has 1 aliphatic heterocycles. The SMILES string of the molecule is Cn1cc(C2=NC(c3ccc(Cl)cc3)=CN(N)C2N)cn1.N. The van der Waals surface area contributed by atoms with Crippen LogP contribution in [0.1, 0.15) is 11.1 Å². The number of aryl methyl sites for hydroxylation is 1. The van der Waals surface area contributed by atoms with Gasteiger partial charge in [-0.3, -0.25) is 9.69 Å². The maximum atomic E-state index is 6.10. The number of hydrogen-bond donors (Lipinski definition) is 3. The zero-order valence-corrected chi connectivity index (χ0v) is 12.9. The predicted molar refractivity (Wildman–Crippen MR) is 88.2 cm³/mol. The molecule has 0 amide bonds. The number of halogens is 1. The standard InChI is InChI=1S/C14H15ClN6.H3N/c1-20-7-10(6-18-20)13-14(16)21(17)8-12(19-13)9-2-4-11(15)5-3-9;/h2-8,14H,16-17H2,1H3;1H3. The van der Waals surface area contributed by atoms with Crippen LogP contribution in [0.4, 0.5) is 0 Å². The van der Waals surface area contributed by atoms with Gasteiger partial charge in [-0.1, -0.05) is 23.7 Å². The summed E-state index contributed by atoms with van der Waals surface area (Å²) in [6.07, 6.45) is 4.79. The van der Waals surface area contributed by atoms with Gasteiger partial charge in [0.2, 0.25) is 0 Å². The third-order valence-electron chi connectivity index (χ3n) is 3.25. The first-order valence-corrected chi connectivity index (χ1v) is 6.76. The number of rotatable bonds is 2. The molecule has 0 saturated carbocycles. The molecule has 2 aromatic rings. The number of hydrazine groups is 1. The van der Waals surface area contributed by atoms with Crippen LogP contribution >= 0.6 is 11.6 Å². The summed E-state index contributed by atoms with van der Waals surface area (Å²) >= 11 is 5.91. The molecular formula is C14H18ClN7. The predicted octanol–water partition coefficient (Wildman–Crippen LogP) is 1.50.